The largest absolute Gasteiger partial charge is 0.451 e. The monoisotopic (exact) mass is 504 g/mol. The minimum atomic E-state index is -0.291. The van der Waals surface area contributed by atoms with Crippen molar-refractivity contribution in [3.8, 4) is 11.3 Å². The highest BCUT2D eigenvalue weighted by atomic mass is 32.1. The van der Waals surface area contributed by atoms with Gasteiger partial charge >= 0.3 is 0 Å². The van der Waals surface area contributed by atoms with Gasteiger partial charge in [-0.25, -0.2) is 9.97 Å². The fraction of sp³-hybridized carbons (Fsp3) is 0.346. The van der Waals surface area contributed by atoms with E-state index in [0.29, 0.717) is 24.8 Å². The number of nitrogens with one attached hydrogen (secondary N) is 1. The fourth-order valence-corrected chi connectivity index (χ4v) is 5.73. The number of amides is 1. The van der Waals surface area contributed by atoms with E-state index in [1.54, 1.807) is 35.7 Å². The summed E-state index contributed by atoms with van der Waals surface area (Å²) in [5.74, 6) is 0.950. The smallest absolute Gasteiger partial charge is 0.291 e. The van der Waals surface area contributed by atoms with Gasteiger partial charge in [0, 0.05) is 37.9 Å². The number of benzene rings is 1. The van der Waals surface area contributed by atoms with Gasteiger partial charge in [0.25, 0.3) is 5.91 Å². The fourth-order valence-electron chi connectivity index (χ4n) is 4.69. The van der Waals surface area contributed by atoms with Crippen LogP contribution in [0.2, 0.25) is 0 Å². The molecule has 1 aromatic carbocycles. The first-order valence-electron chi connectivity index (χ1n) is 12.3. The molecule has 4 aromatic rings. The molecule has 5 heterocycles. The Kier molecular flexibility index (Phi) is 6.20. The number of aromatic nitrogens is 2. The molecule has 0 atom stereocenters. The average molecular weight is 505 g/mol. The third kappa shape index (κ3) is 4.61. The van der Waals surface area contributed by atoms with Crippen LogP contribution in [0.15, 0.2) is 47.0 Å². The minimum Gasteiger partial charge on any atom is -0.451 e. The number of morpholine rings is 1. The molecule has 0 bridgehead atoms. The van der Waals surface area contributed by atoms with Crippen LogP contribution in [0.25, 0.3) is 21.5 Å². The molecular formula is C26H28N6O3S. The van der Waals surface area contributed by atoms with Gasteiger partial charge in [-0.05, 0) is 55.7 Å². The van der Waals surface area contributed by atoms with Crippen LogP contribution in [-0.4, -0.2) is 55.3 Å². The topological polar surface area (TPSA) is 110 Å². The minimum absolute atomic E-state index is 0.241. The van der Waals surface area contributed by atoms with Crippen LogP contribution in [0.4, 0.5) is 22.3 Å². The Morgan fingerprint density at radius 2 is 1.83 bits per heavy atom. The van der Waals surface area contributed by atoms with E-state index in [4.69, 9.17) is 19.9 Å². The summed E-state index contributed by atoms with van der Waals surface area (Å²) < 4.78 is 12.4. The highest BCUT2D eigenvalue weighted by Gasteiger charge is 2.22. The Morgan fingerprint density at radius 1 is 1.00 bits per heavy atom. The summed E-state index contributed by atoms with van der Waals surface area (Å²) in [6, 6.07) is 11.1. The third-order valence-corrected chi connectivity index (χ3v) is 7.70. The molecule has 0 spiro atoms. The van der Waals surface area contributed by atoms with Gasteiger partial charge in [0.05, 0.1) is 34.8 Å². The molecular weight excluding hydrogens is 476 g/mol. The first-order valence-corrected chi connectivity index (χ1v) is 13.1. The predicted molar refractivity (Wildman–Crippen MR) is 143 cm³/mol. The number of pyridine rings is 1. The summed E-state index contributed by atoms with van der Waals surface area (Å²) in [4.78, 5) is 26.9. The summed E-state index contributed by atoms with van der Waals surface area (Å²) in [7, 11) is 0. The van der Waals surface area contributed by atoms with Crippen LogP contribution >= 0.6 is 11.3 Å². The van der Waals surface area contributed by atoms with Crippen LogP contribution in [0.1, 0.15) is 29.8 Å². The van der Waals surface area contributed by atoms with Gasteiger partial charge in [0.15, 0.2) is 10.9 Å². The molecule has 2 saturated heterocycles. The van der Waals surface area contributed by atoms with Crippen molar-refractivity contribution in [1.82, 2.24) is 9.97 Å². The van der Waals surface area contributed by atoms with Gasteiger partial charge in [-0.2, -0.15) is 0 Å². The number of ether oxygens (including phenoxy) is 1. The molecule has 2 fully saturated rings. The van der Waals surface area contributed by atoms with Crippen LogP contribution in [0, 0.1) is 0 Å². The number of carbonyl (C=O) groups is 1. The number of hydrogen-bond acceptors (Lipinski definition) is 9. The average Bonchev–Trinajstić information content (AvgIpc) is 3.57. The molecule has 6 rings (SSSR count). The number of hydrogen-bond donors (Lipinski definition) is 2. The summed E-state index contributed by atoms with van der Waals surface area (Å²) in [5, 5.41) is 4.11. The maximum atomic E-state index is 13.2. The van der Waals surface area contributed by atoms with E-state index < -0.39 is 0 Å². The summed E-state index contributed by atoms with van der Waals surface area (Å²) >= 11 is 1.65. The van der Waals surface area contributed by atoms with Gasteiger partial charge in [-0.15, -0.1) is 0 Å². The van der Waals surface area contributed by atoms with Crippen molar-refractivity contribution in [3.63, 3.8) is 0 Å². The number of nitrogens with zero attached hydrogens (tertiary/aromatic N) is 4. The molecule has 0 radical (unpaired) electrons. The van der Waals surface area contributed by atoms with E-state index in [0.717, 1.165) is 71.3 Å². The molecule has 1 amide bonds. The van der Waals surface area contributed by atoms with Crippen molar-refractivity contribution in [2.45, 2.75) is 19.3 Å². The zero-order chi connectivity index (χ0) is 24.5. The lowest BCUT2D eigenvalue weighted by Crippen LogP contribution is -2.36. The van der Waals surface area contributed by atoms with Crippen molar-refractivity contribution in [1.29, 1.82) is 0 Å². The maximum Gasteiger partial charge on any atom is 0.291 e. The molecule has 0 saturated carbocycles. The number of piperidine rings is 1. The van der Waals surface area contributed by atoms with Crippen molar-refractivity contribution >= 4 is 49.8 Å². The second-order valence-corrected chi connectivity index (χ2v) is 10.1. The summed E-state index contributed by atoms with van der Waals surface area (Å²) in [6.07, 6.45) is 5.14. The van der Waals surface area contributed by atoms with E-state index in [2.05, 4.69) is 26.2 Å². The lowest BCUT2D eigenvalue weighted by Gasteiger charge is -2.30. The predicted octanol–water partition coefficient (Wildman–Crippen LogP) is 4.61. The highest BCUT2D eigenvalue weighted by Crippen LogP contribution is 2.38. The van der Waals surface area contributed by atoms with E-state index in [1.165, 1.54) is 6.42 Å². The number of thiazole rings is 1. The van der Waals surface area contributed by atoms with Crippen LogP contribution in [0.3, 0.4) is 0 Å². The molecule has 10 heteroatoms. The Labute approximate surface area is 212 Å². The van der Waals surface area contributed by atoms with Gasteiger partial charge in [-0.3, -0.25) is 4.79 Å². The summed E-state index contributed by atoms with van der Waals surface area (Å²) in [5.41, 5.74) is 9.18. The molecule has 0 aliphatic carbocycles. The number of furan rings is 1. The van der Waals surface area contributed by atoms with Gasteiger partial charge < -0.3 is 30.0 Å². The third-order valence-electron chi connectivity index (χ3n) is 6.62. The molecule has 3 aromatic heterocycles. The number of rotatable bonds is 5. The number of carbonyl (C=O) groups excluding carboxylic acids is 1. The summed E-state index contributed by atoms with van der Waals surface area (Å²) in [6.45, 7) is 5.04. The normalized spacial score (nSPS) is 16.4. The van der Waals surface area contributed by atoms with E-state index >= 15 is 0 Å². The van der Waals surface area contributed by atoms with Crippen molar-refractivity contribution in [3.05, 3.63) is 48.4 Å². The number of nitrogens with two attached hydrogens (primary N) is 1. The molecule has 186 valence electrons. The van der Waals surface area contributed by atoms with Crippen molar-refractivity contribution in [2.24, 2.45) is 0 Å². The Balaban J connectivity index is 1.31. The lowest BCUT2D eigenvalue weighted by molar-refractivity contribution is 0.0997. The Morgan fingerprint density at radius 3 is 2.61 bits per heavy atom. The van der Waals surface area contributed by atoms with Crippen molar-refractivity contribution in [2.75, 3.05) is 60.2 Å². The molecule has 36 heavy (non-hydrogen) atoms. The zero-order valence-electron chi connectivity index (χ0n) is 19.9. The van der Waals surface area contributed by atoms with Crippen LogP contribution in [0.5, 0.6) is 0 Å². The van der Waals surface area contributed by atoms with Gasteiger partial charge in [0.1, 0.15) is 11.6 Å². The van der Waals surface area contributed by atoms with Crippen LogP contribution < -0.4 is 20.9 Å². The van der Waals surface area contributed by atoms with Crippen molar-refractivity contribution < 1.29 is 13.9 Å². The number of fused-ring (bicyclic) bond motifs is 1. The van der Waals surface area contributed by atoms with Crippen LogP contribution in [-0.2, 0) is 4.74 Å². The molecule has 0 unspecified atom stereocenters. The maximum absolute atomic E-state index is 13.2. The lowest BCUT2D eigenvalue weighted by atomic mass is 10.1. The first kappa shape index (κ1) is 22.8. The molecule has 2 aliphatic rings. The van der Waals surface area contributed by atoms with Gasteiger partial charge in [0.2, 0.25) is 0 Å². The highest BCUT2D eigenvalue weighted by molar-refractivity contribution is 7.22. The number of nitrogen functional groups attached to an aromatic ring is 1. The second-order valence-electron chi connectivity index (χ2n) is 9.07. The van der Waals surface area contributed by atoms with E-state index in [9.17, 15) is 4.79 Å². The van der Waals surface area contributed by atoms with Gasteiger partial charge in [-0.1, -0.05) is 11.3 Å². The standard InChI is InChI=1S/C26H28N6O3S/c27-24-7-4-17(16-28-24)21-5-6-22(35-21)25(33)29-18-15-23-19(14-20(18)31-8-2-1-3-9-31)30-26(36-23)32-10-12-34-13-11-32/h4-7,14-16H,1-3,8-13H2,(H2,27,28)(H,29,33). The quantitative estimate of drug-likeness (QED) is 0.405. The van der Waals surface area contributed by atoms with E-state index in [1.807, 2.05) is 12.1 Å². The molecule has 2 aliphatic heterocycles. The SMILES string of the molecule is Nc1ccc(-c2ccc(C(=O)Nc3cc4sc(N5CCOCC5)nc4cc3N3CCCCC3)o2)cn1. The first-order chi connectivity index (χ1) is 17.6. The Bertz CT molecular complexity index is 1370. The number of anilines is 4. The zero-order valence-corrected chi connectivity index (χ0v) is 20.7. The Hall–Kier alpha value is -3.63. The molecule has 9 nitrogen and oxygen atoms in total. The van der Waals surface area contributed by atoms with E-state index in [-0.39, 0.29) is 11.7 Å². The second kappa shape index (κ2) is 9.79. The molecule has 3 N–H and O–H groups in total.